The Morgan fingerprint density at radius 3 is 2.17 bits per heavy atom. The minimum atomic E-state index is 1.26. The lowest BCUT2D eigenvalue weighted by Gasteiger charge is -1.98. The summed E-state index contributed by atoms with van der Waals surface area (Å²) >= 11 is 3.62. The standard InChI is InChI=1S/C11H19Br/c12-11-9-7-5-3-1-2-4-6-8-10-11/h9H,1-8,10H2/b11-9+. The van der Waals surface area contributed by atoms with Crippen LogP contribution < -0.4 is 0 Å². The van der Waals surface area contributed by atoms with Gasteiger partial charge in [-0.2, -0.15) is 0 Å². The minimum absolute atomic E-state index is 1.26. The zero-order chi connectivity index (χ0) is 8.65. The van der Waals surface area contributed by atoms with E-state index in [0.29, 0.717) is 0 Å². The van der Waals surface area contributed by atoms with Crippen LogP contribution in [0.25, 0.3) is 0 Å². The van der Waals surface area contributed by atoms with E-state index < -0.39 is 0 Å². The smallest absolute Gasteiger partial charge is 0.00892 e. The van der Waals surface area contributed by atoms with Gasteiger partial charge in [0, 0.05) is 0 Å². The summed E-state index contributed by atoms with van der Waals surface area (Å²) < 4.78 is 1.43. The monoisotopic (exact) mass is 230 g/mol. The fourth-order valence-electron chi connectivity index (χ4n) is 1.68. The van der Waals surface area contributed by atoms with Gasteiger partial charge in [-0.15, -0.1) is 0 Å². The van der Waals surface area contributed by atoms with Gasteiger partial charge in [-0.25, -0.2) is 0 Å². The van der Waals surface area contributed by atoms with Crippen LogP contribution in [0.2, 0.25) is 0 Å². The molecular weight excluding hydrogens is 212 g/mol. The quantitative estimate of drug-likeness (QED) is 0.562. The lowest BCUT2D eigenvalue weighted by Crippen LogP contribution is -1.78. The molecule has 12 heavy (non-hydrogen) atoms. The highest BCUT2D eigenvalue weighted by atomic mass is 79.9. The third-order valence-electron chi connectivity index (χ3n) is 2.49. The molecule has 0 saturated heterocycles. The number of allylic oxidation sites excluding steroid dienone is 2. The van der Waals surface area contributed by atoms with Crippen LogP contribution in [-0.2, 0) is 0 Å². The molecule has 1 aliphatic carbocycles. The molecule has 0 aromatic heterocycles. The van der Waals surface area contributed by atoms with Crippen molar-refractivity contribution in [1.82, 2.24) is 0 Å². The van der Waals surface area contributed by atoms with Crippen LogP contribution in [0.15, 0.2) is 10.6 Å². The average molecular weight is 231 g/mol. The van der Waals surface area contributed by atoms with Crippen molar-refractivity contribution in [3.05, 3.63) is 10.6 Å². The highest BCUT2D eigenvalue weighted by Gasteiger charge is 1.96. The molecule has 0 nitrogen and oxygen atoms in total. The van der Waals surface area contributed by atoms with E-state index >= 15 is 0 Å². The first-order valence-electron chi connectivity index (χ1n) is 5.24. The molecule has 0 spiro atoms. The second-order valence-corrected chi connectivity index (χ2v) is 4.68. The highest BCUT2D eigenvalue weighted by Crippen LogP contribution is 2.19. The van der Waals surface area contributed by atoms with Crippen molar-refractivity contribution in [2.45, 2.75) is 57.8 Å². The van der Waals surface area contributed by atoms with Gasteiger partial charge < -0.3 is 0 Å². The first-order valence-corrected chi connectivity index (χ1v) is 6.03. The second kappa shape index (κ2) is 6.71. The summed E-state index contributed by atoms with van der Waals surface area (Å²) in [6, 6.07) is 0. The molecule has 70 valence electrons. The van der Waals surface area contributed by atoms with Crippen molar-refractivity contribution in [1.29, 1.82) is 0 Å². The number of hydrogen-bond acceptors (Lipinski definition) is 0. The van der Waals surface area contributed by atoms with Crippen LogP contribution in [0.1, 0.15) is 57.8 Å². The molecule has 0 aromatic rings. The van der Waals surface area contributed by atoms with Crippen molar-refractivity contribution < 1.29 is 0 Å². The van der Waals surface area contributed by atoms with Gasteiger partial charge in [0.25, 0.3) is 0 Å². The molecule has 0 atom stereocenters. The maximum atomic E-state index is 3.62. The maximum Gasteiger partial charge on any atom is -0.00892 e. The van der Waals surface area contributed by atoms with Crippen LogP contribution in [0, 0.1) is 0 Å². The molecule has 1 heteroatoms. The molecule has 0 radical (unpaired) electrons. The van der Waals surface area contributed by atoms with Crippen LogP contribution in [0.5, 0.6) is 0 Å². The van der Waals surface area contributed by atoms with Gasteiger partial charge in [-0.3, -0.25) is 0 Å². The zero-order valence-electron chi connectivity index (χ0n) is 7.82. The van der Waals surface area contributed by atoms with Crippen molar-refractivity contribution in [2.75, 3.05) is 0 Å². The lowest BCUT2D eigenvalue weighted by atomic mass is 10.1. The van der Waals surface area contributed by atoms with E-state index in [4.69, 9.17) is 0 Å². The molecule has 0 bridgehead atoms. The molecule has 0 heterocycles. The predicted molar refractivity (Wildman–Crippen MR) is 58.6 cm³/mol. The minimum Gasteiger partial charge on any atom is -0.0744 e. The van der Waals surface area contributed by atoms with Crippen molar-refractivity contribution in [2.24, 2.45) is 0 Å². The van der Waals surface area contributed by atoms with Crippen molar-refractivity contribution in [3.8, 4) is 0 Å². The molecule has 1 rings (SSSR count). The van der Waals surface area contributed by atoms with Crippen LogP contribution in [0.4, 0.5) is 0 Å². The van der Waals surface area contributed by atoms with Gasteiger partial charge >= 0.3 is 0 Å². The Hall–Kier alpha value is 0.220. The fraction of sp³-hybridized carbons (Fsp3) is 0.818. The Morgan fingerprint density at radius 1 is 0.833 bits per heavy atom. The third-order valence-corrected chi connectivity index (χ3v) is 3.21. The number of hydrogen-bond donors (Lipinski definition) is 0. The SMILES string of the molecule is Br/C1=C/CCCCCCCCC1. The van der Waals surface area contributed by atoms with Crippen molar-refractivity contribution >= 4 is 15.9 Å². The number of rotatable bonds is 0. The maximum absolute atomic E-state index is 3.62. The molecule has 0 unspecified atom stereocenters. The van der Waals surface area contributed by atoms with E-state index in [1.54, 1.807) is 0 Å². The van der Waals surface area contributed by atoms with E-state index in [1.807, 2.05) is 0 Å². The Balaban J connectivity index is 2.25. The van der Waals surface area contributed by atoms with E-state index in [0.717, 1.165) is 0 Å². The van der Waals surface area contributed by atoms with Gasteiger partial charge in [0.2, 0.25) is 0 Å². The molecule has 0 fully saturated rings. The van der Waals surface area contributed by atoms with Gasteiger partial charge in [-0.05, 0) is 30.2 Å². The average Bonchev–Trinajstić information content (AvgIpc) is 2.11. The second-order valence-electron chi connectivity index (χ2n) is 3.66. The summed E-state index contributed by atoms with van der Waals surface area (Å²) in [4.78, 5) is 0. The molecular formula is C11H19Br. The van der Waals surface area contributed by atoms with Crippen LogP contribution in [-0.4, -0.2) is 0 Å². The Bertz CT molecular complexity index is 138. The Labute approximate surface area is 84.6 Å². The van der Waals surface area contributed by atoms with Gasteiger partial charge in [0.1, 0.15) is 0 Å². The van der Waals surface area contributed by atoms with E-state index in [2.05, 4.69) is 22.0 Å². The summed E-state index contributed by atoms with van der Waals surface area (Å²) in [7, 11) is 0. The fourth-order valence-corrected chi connectivity index (χ4v) is 2.19. The summed E-state index contributed by atoms with van der Waals surface area (Å²) in [5.41, 5.74) is 0. The molecule has 1 aliphatic rings. The summed E-state index contributed by atoms with van der Waals surface area (Å²) in [6.45, 7) is 0. The summed E-state index contributed by atoms with van der Waals surface area (Å²) in [6.07, 6.45) is 14.9. The molecule has 0 aliphatic heterocycles. The van der Waals surface area contributed by atoms with Crippen LogP contribution >= 0.6 is 15.9 Å². The normalized spacial score (nSPS) is 26.9. The molecule has 0 amide bonds. The topological polar surface area (TPSA) is 0 Å². The largest absolute Gasteiger partial charge is 0.0744 e. The Morgan fingerprint density at radius 2 is 1.42 bits per heavy atom. The van der Waals surface area contributed by atoms with Crippen LogP contribution in [0.3, 0.4) is 0 Å². The van der Waals surface area contributed by atoms with E-state index in [-0.39, 0.29) is 0 Å². The highest BCUT2D eigenvalue weighted by molar-refractivity contribution is 9.11. The van der Waals surface area contributed by atoms with Crippen molar-refractivity contribution in [3.63, 3.8) is 0 Å². The van der Waals surface area contributed by atoms with E-state index in [9.17, 15) is 0 Å². The summed E-state index contributed by atoms with van der Waals surface area (Å²) in [5, 5.41) is 0. The molecule has 0 N–H and O–H groups in total. The zero-order valence-corrected chi connectivity index (χ0v) is 9.41. The van der Waals surface area contributed by atoms with E-state index in [1.165, 1.54) is 62.3 Å². The lowest BCUT2D eigenvalue weighted by molar-refractivity contribution is 0.589. The van der Waals surface area contributed by atoms with Gasteiger partial charge in [-0.1, -0.05) is 54.1 Å². The first-order chi connectivity index (χ1) is 5.89. The number of halogens is 1. The first kappa shape index (κ1) is 10.3. The van der Waals surface area contributed by atoms with Gasteiger partial charge in [0.05, 0.1) is 0 Å². The Kier molecular flexibility index (Phi) is 5.76. The summed E-state index contributed by atoms with van der Waals surface area (Å²) in [5.74, 6) is 0. The predicted octanol–water partition coefficient (Wildman–Crippen LogP) is 4.79. The third kappa shape index (κ3) is 4.97. The molecule has 0 saturated carbocycles. The van der Waals surface area contributed by atoms with Gasteiger partial charge in [0.15, 0.2) is 0 Å². The molecule has 0 aromatic carbocycles.